The number of hydrogen-bond acceptors (Lipinski definition) is 34. The maximum Gasteiger partial charge on any atom is 0.173 e. The first-order valence-electron chi connectivity index (χ1n) is 46.8. The zero-order chi connectivity index (χ0) is 104. The summed E-state index contributed by atoms with van der Waals surface area (Å²) in [7, 11) is 0. The average Bonchev–Trinajstić information content (AvgIpc) is 1.56. The van der Waals surface area contributed by atoms with E-state index in [9.17, 15) is 50.3 Å². The van der Waals surface area contributed by atoms with E-state index in [0.717, 1.165) is 49.8 Å². The Morgan fingerprint density at radius 2 is 0.628 bits per heavy atom. The minimum atomic E-state index is -1.54. The van der Waals surface area contributed by atoms with Gasteiger partial charge in [0, 0.05) is 37.2 Å². The standard InChI is InChI=1S/C16H23N4O3P.3C16H25N4O3P.C15H22ClN4O2P.C15H22FN4O2P.6CH4/c1-24(2,3)7-5-16-8-22-12(13(16)21)15(23-16)20-9-19-11-10(17)4-6-18-14(11)20;1-16(6-8-24(2,3)4)13(22)12(21)15(23-16)20-9-19-11-10(17)5-7-18-14(11)20;2*1-16(22)13(21)11(6-8-24(2,3)4)23-15(16)20-9-19-12-10(17)5-7-18-14(12)20;2*1-23(2,3)7-5-10-13(21)11(16)15(22-10)20-8-19-12-9(17)4-6-18-14(12)20;;;;;;/h4,6,9,12-13,15,21H,1,5,7-8H2,2-3H3,(H2,17,18);5,7,9,12-13,15,21-22H,2,6,8H2,1,3-4H3,(H2,17,18);2*5,7,9,11,13,15,21-22H,2,6,8H2,1,3-4H3,(H2,17,18);2*4,6,8,10-11,13,15,21H,1,5,7H2,2-3H3,(H2,17,18);6*1H4/t12-,13+,15-,16+;12-,13+,15-,16-;11-,13-,15-,16+;11-,13-,15-,16-;2*10-,11-,13-,15-;;;;;;/m111111....../s1. The zero-order valence-electron chi connectivity index (χ0n) is 83.2. The topological polar surface area (TPSA) is 587 Å². The minimum absolute atomic E-state index is 0. The number of nitrogens with two attached hydrogens (primary N) is 6. The van der Waals surface area contributed by atoms with Gasteiger partial charge in [-0.05, 0) is 213 Å². The van der Waals surface area contributed by atoms with Crippen molar-refractivity contribution >= 4 is 192 Å². The maximum absolute atomic E-state index is 14.6. The summed E-state index contributed by atoms with van der Waals surface area (Å²) >= 11 is 6.42. The predicted octanol–water partition coefficient (Wildman–Crippen LogP) is 12.0. The third-order valence-corrected chi connectivity index (χ3v) is 35.9. The number of nitrogen functional groups attached to an aromatic ring is 6. The van der Waals surface area contributed by atoms with E-state index in [4.69, 9.17) is 79.2 Å². The summed E-state index contributed by atoms with van der Waals surface area (Å²) in [6, 6.07) is 10.1. The quantitative estimate of drug-likeness (QED) is 0.0197. The van der Waals surface area contributed by atoms with Gasteiger partial charge >= 0.3 is 0 Å². The van der Waals surface area contributed by atoms with Gasteiger partial charge in [0.1, 0.15) is 104 Å². The van der Waals surface area contributed by atoms with Crippen molar-refractivity contribution in [3.8, 4) is 0 Å². The number of ether oxygens (including phenoxy) is 7. The molecule has 0 aromatic carbocycles. The lowest BCUT2D eigenvalue weighted by atomic mass is 9.95. The lowest BCUT2D eigenvalue weighted by molar-refractivity contribution is -0.172. The highest BCUT2D eigenvalue weighted by Gasteiger charge is 2.62. The molecule has 12 aromatic rings. The monoisotopic (exact) mass is 2200 g/mol. The second kappa shape index (κ2) is 48.3. The first-order chi connectivity index (χ1) is 66.2. The van der Waals surface area contributed by atoms with Gasteiger partial charge in [-0.3, -0.25) is 27.4 Å². The largest absolute Gasteiger partial charge is 0.397 e. The Hall–Kier alpha value is -8.10. The maximum atomic E-state index is 14.6. The van der Waals surface area contributed by atoms with Gasteiger partial charge in [0.25, 0.3) is 0 Å². The van der Waals surface area contributed by atoms with Crippen LogP contribution in [-0.2, 0) is 33.2 Å². The zero-order valence-corrected chi connectivity index (χ0v) is 89.3. The summed E-state index contributed by atoms with van der Waals surface area (Å²) in [4.78, 5) is 51.3. The van der Waals surface area contributed by atoms with E-state index in [1.807, 2.05) is 11.5 Å². The van der Waals surface area contributed by atoms with Gasteiger partial charge in [-0.15, -0.1) is 90.7 Å². The fraction of sp³-hybridized carbons (Fsp3) is 0.580. The molecule has 7 aliphatic heterocycles. The number of imidazole rings is 6. The van der Waals surface area contributed by atoms with Crippen molar-refractivity contribution < 1.29 is 83.5 Å². The molecule has 19 heterocycles. The van der Waals surface area contributed by atoms with Crippen LogP contribution in [0.25, 0.3) is 67.0 Å². The molecule has 19 rings (SSSR count). The molecule has 24 atom stereocenters. The molecule has 0 aliphatic carbocycles. The molecule has 7 aliphatic rings. The lowest BCUT2D eigenvalue weighted by Gasteiger charge is -2.32. The number of hydrogen-bond donors (Lipinski definition) is 15. The molecule has 21 N–H and O–H groups in total. The van der Waals surface area contributed by atoms with E-state index in [-0.39, 0.29) is 50.7 Å². The molecule has 12 aromatic heterocycles. The van der Waals surface area contributed by atoms with E-state index in [2.05, 4.69) is 178 Å². The number of anilines is 6. The van der Waals surface area contributed by atoms with Gasteiger partial charge in [0.05, 0.1) is 109 Å². The van der Waals surface area contributed by atoms with Gasteiger partial charge in [0.15, 0.2) is 77.4 Å². The van der Waals surface area contributed by atoms with E-state index in [1.165, 1.54) is 10.9 Å². The number of rotatable bonds is 24. The van der Waals surface area contributed by atoms with Gasteiger partial charge in [-0.25, -0.2) is 64.2 Å². The van der Waals surface area contributed by atoms with E-state index in [1.54, 1.807) is 137 Å². The summed E-state index contributed by atoms with van der Waals surface area (Å²) in [5, 5.41) is 94.6. The summed E-state index contributed by atoms with van der Waals surface area (Å²) in [6.07, 6.45) is 38.9. The summed E-state index contributed by atoms with van der Waals surface area (Å²) < 4.78 is 66.6. The Kier molecular flexibility index (Phi) is 40.8. The summed E-state index contributed by atoms with van der Waals surface area (Å²) in [5.74, 6) is 0. The Morgan fingerprint density at radius 3 is 0.959 bits per heavy atom. The molecule has 0 saturated carbocycles. The molecule has 48 heteroatoms. The van der Waals surface area contributed by atoms with Crippen LogP contribution in [0.5, 0.6) is 0 Å². The molecular formula is C100H166ClFN24O16P6. The fourth-order valence-electron chi connectivity index (χ4n) is 18.2. The van der Waals surface area contributed by atoms with Crippen LogP contribution in [0.2, 0.25) is 0 Å². The second-order valence-corrected chi connectivity index (χ2v) is 69.3. The molecule has 826 valence electrons. The SMILES string of the molecule is C.C.C.C.C.C.C=P(C)(C)CC[C@@]1(C)O[C@@H](n2cnc3c(N)ccnc32)[C@H](O)[C@@H]1O.C=P(C)(C)CC[C@@]12CO[C@@H]([C@H](n3cnc4c(N)ccnc43)O1)[C@@H]2O.C=P(C)(C)CC[C@H]1O[C@@H](n2cnc3c(N)ccnc32)[C@@](C)(O)[C@@H]1O.C=P(C)(C)CC[C@H]1O[C@@H](n2cnc3c(N)ccnc32)[C@H](Cl)[C@@H]1O.C=P(C)(C)CC[C@H]1O[C@@H](n2cnc3c(N)ccnc32)[C@H](F)[C@@H]1O.C=P(C)(C)CC[C@H]1O[C@@H](n2cnc3c(N)ccnc32)[C@](C)(O)[C@@H]1O. The average molecular weight is 2200 g/mol. The van der Waals surface area contributed by atoms with Crippen molar-refractivity contribution in [2.75, 3.05) is 158 Å². The second-order valence-electron chi connectivity index (χ2n) is 42.9. The Morgan fingerprint density at radius 1 is 0.351 bits per heavy atom. The number of halogens is 2. The number of alkyl halides is 2. The van der Waals surface area contributed by atoms with Gasteiger partial charge in [-0.1, -0.05) is 44.6 Å². The molecule has 0 spiro atoms. The summed E-state index contributed by atoms with van der Waals surface area (Å²) in [5.41, 5.74) is 40.9. The third-order valence-electron chi connectivity index (χ3n) is 26.7. The van der Waals surface area contributed by atoms with Gasteiger partial charge < -0.3 is 114 Å². The molecule has 2 bridgehead atoms. The molecule has 148 heavy (non-hydrogen) atoms. The smallest absolute Gasteiger partial charge is 0.173 e. The van der Waals surface area contributed by atoms with Crippen LogP contribution in [0.4, 0.5) is 38.5 Å². The predicted molar refractivity (Wildman–Crippen MR) is 619 cm³/mol. The number of aliphatic hydroxyl groups is 9. The van der Waals surface area contributed by atoms with E-state index < -0.39 is 180 Å². The highest BCUT2D eigenvalue weighted by molar-refractivity contribution is 7.73. The van der Waals surface area contributed by atoms with Crippen LogP contribution in [0.15, 0.2) is 112 Å². The molecule has 40 nitrogen and oxygen atoms in total. The highest BCUT2D eigenvalue weighted by atomic mass is 35.5. The van der Waals surface area contributed by atoms with Crippen molar-refractivity contribution in [2.24, 2.45) is 0 Å². The molecule has 7 saturated heterocycles. The number of nitrogens with zero attached hydrogens (tertiary/aromatic N) is 18. The summed E-state index contributed by atoms with van der Waals surface area (Å²) in [6.45, 7) is 23.8. The van der Waals surface area contributed by atoms with Crippen LogP contribution >= 0.6 is 52.9 Å². The highest BCUT2D eigenvalue weighted by Crippen LogP contribution is 2.54. The fourth-order valence-corrected chi connectivity index (χ4v) is 24.4. The van der Waals surface area contributed by atoms with Crippen LogP contribution in [0.3, 0.4) is 0 Å². The van der Waals surface area contributed by atoms with Crippen molar-refractivity contribution in [3.05, 3.63) is 112 Å². The van der Waals surface area contributed by atoms with Crippen LogP contribution in [0, 0.1) is 0 Å². The number of aliphatic hydroxyl groups excluding tert-OH is 7. The Bertz CT molecular complexity index is 6470. The molecule has 0 amide bonds. The molecule has 0 radical (unpaired) electrons. The van der Waals surface area contributed by atoms with E-state index >= 15 is 0 Å². The third kappa shape index (κ3) is 27.3. The molecule has 7 fully saturated rings. The Labute approximate surface area is 875 Å². The molecule has 0 unspecified atom stereocenters. The number of pyridine rings is 6. The Balaban J connectivity index is 0.000000215. The van der Waals surface area contributed by atoms with Crippen LogP contribution < -0.4 is 34.4 Å². The van der Waals surface area contributed by atoms with Crippen molar-refractivity contribution in [1.29, 1.82) is 0 Å². The van der Waals surface area contributed by atoms with Crippen LogP contribution in [0.1, 0.15) is 141 Å². The number of fused-ring (bicyclic) bond motifs is 8. The van der Waals surface area contributed by atoms with Crippen molar-refractivity contribution in [2.45, 2.75) is 248 Å². The van der Waals surface area contributed by atoms with E-state index in [0.29, 0.717) is 133 Å². The van der Waals surface area contributed by atoms with Crippen molar-refractivity contribution in [3.63, 3.8) is 0 Å². The minimum Gasteiger partial charge on any atom is -0.397 e. The van der Waals surface area contributed by atoms with Crippen LogP contribution in [-0.4, -0.2) is 402 Å². The van der Waals surface area contributed by atoms with Gasteiger partial charge in [-0.2, -0.15) is 0 Å². The lowest BCUT2D eigenvalue weighted by Crippen LogP contribution is -2.43. The first kappa shape index (κ1) is 125. The molecular weight excluding hydrogens is 2030 g/mol. The van der Waals surface area contributed by atoms with Crippen molar-refractivity contribution in [1.82, 2.24) is 87.2 Å². The normalized spacial score (nSPS) is 29.2. The van der Waals surface area contributed by atoms with Gasteiger partial charge in [0.2, 0.25) is 0 Å². The first-order valence-corrected chi connectivity index (χ1v) is 65.5. The number of aromatic nitrogens is 18.